The average molecular weight is 234 g/mol. The van der Waals surface area contributed by atoms with Crippen LogP contribution in [0.2, 0.25) is 0 Å². The molecule has 1 saturated heterocycles. The van der Waals surface area contributed by atoms with E-state index in [2.05, 4.69) is 36.1 Å². The van der Waals surface area contributed by atoms with Crippen molar-refractivity contribution >= 4 is 5.69 Å². The first kappa shape index (κ1) is 12.4. The van der Waals surface area contributed by atoms with Crippen molar-refractivity contribution < 1.29 is 4.74 Å². The minimum atomic E-state index is 0.161. The van der Waals surface area contributed by atoms with Crippen LogP contribution >= 0.6 is 0 Å². The molecule has 3 heteroatoms. The van der Waals surface area contributed by atoms with Crippen molar-refractivity contribution in [2.24, 2.45) is 5.73 Å². The smallest absolute Gasteiger partial charge is 0.0762 e. The van der Waals surface area contributed by atoms with Crippen molar-refractivity contribution in [2.45, 2.75) is 31.9 Å². The highest BCUT2D eigenvalue weighted by Gasteiger charge is 2.22. The molecule has 2 unspecified atom stereocenters. The van der Waals surface area contributed by atoms with E-state index in [1.807, 2.05) is 0 Å². The predicted molar refractivity (Wildman–Crippen MR) is 71.3 cm³/mol. The summed E-state index contributed by atoms with van der Waals surface area (Å²) in [5.41, 5.74) is 8.50. The number of benzene rings is 1. The maximum absolute atomic E-state index is 6.01. The Morgan fingerprint density at radius 1 is 1.41 bits per heavy atom. The van der Waals surface area contributed by atoms with Crippen molar-refractivity contribution in [3.8, 4) is 0 Å². The fourth-order valence-electron chi connectivity index (χ4n) is 2.32. The van der Waals surface area contributed by atoms with Gasteiger partial charge >= 0.3 is 0 Å². The molecule has 1 aromatic carbocycles. The van der Waals surface area contributed by atoms with Crippen LogP contribution < -0.4 is 10.6 Å². The van der Waals surface area contributed by atoms with Gasteiger partial charge < -0.3 is 15.4 Å². The second-order valence-electron chi connectivity index (χ2n) is 4.70. The van der Waals surface area contributed by atoms with Gasteiger partial charge in [0.15, 0.2) is 0 Å². The van der Waals surface area contributed by atoms with Crippen LogP contribution in [0.1, 0.15) is 31.4 Å². The summed E-state index contributed by atoms with van der Waals surface area (Å²) in [4.78, 5) is 2.37. The standard InChI is InChI=1S/C14H22N2O/c1-3-14(15)11-4-6-12(7-5-11)16-9-8-13(10-16)17-2/h4-7,13-14H,3,8-10,15H2,1-2H3. The van der Waals surface area contributed by atoms with Crippen LogP contribution in [0.25, 0.3) is 0 Å². The summed E-state index contributed by atoms with van der Waals surface area (Å²) >= 11 is 0. The SMILES string of the molecule is CCC(N)c1ccc(N2CCC(OC)C2)cc1. The Morgan fingerprint density at radius 3 is 2.65 bits per heavy atom. The van der Waals surface area contributed by atoms with Gasteiger partial charge in [0, 0.05) is 31.9 Å². The molecular formula is C14H22N2O. The van der Waals surface area contributed by atoms with Crippen molar-refractivity contribution in [1.82, 2.24) is 0 Å². The fourth-order valence-corrected chi connectivity index (χ4v) is 2.32. The maximum atomic E-state index is 6.01. The zero-order valence-electron chi connectivity index (χ0n) is 10.7. The normalized spacial score (nSPS) is 21.8. The van der Waals surface area contributed by atoms with Gasteiger partial charge in [0.05, 0.1) is 6.10 Å². The highest BCUT2D eigenvalue weighted by atomic mass is 16.5. The van der Waals surface area contributed by atoms with Gasteiger partial charge in [-0.2, -0.15) is 0 Å². The number of hydrogen-bond acceptors (Lipinski definition) is 3. The van der Waals surface area contributed by atoms with E-state index in [0.29, 0.717) is 6.10 Å². The Hall–Kier alpha value is -1.06. The van der Waals surface area contributed by atoms with E-state index in [1.165, 1.54) is 11.3 Å². The first-order valence-electron chi connectivity index (χ1n) is 6.38. The molecule has 0 aromatic heterocycles. The molecule has 1 aliphatic heterocycles. The van der Waals surface area contributed by atoms with Gasteiger partial charge in [-0.05, 0) is 30.5 Å². The van der Waals surface area contributed by atoms with E-state index in [9.17, 15) is 0 Å². The number of nitrogens with zero attached hydrogens (tertiary/aromatic N) is 1. The number of ether oxygens (including phenoxy) is 1. The number of anilines is 1. The Labute approximate surface area is 104 Å². The molecule has 0 spiro atoms. The molecule has 0 saturated carbocycles. The largest absolute Gasteiger partial charge is 0.380 e. The molecule has 0 amide bonds. The van der Waals surface area contributed by atoms with E-state index in [4.69, 9.17) is 10.5 Å². The molecule has 3 nitrogen and oxygen atoms in total. The van der Waals surface area contributed by atoms with E-state index in [0.717, 1.165) is 25.9 Å². The summed E-state index contributed by atoms with van der Waals surface area (Å²) in [5, 5.41) is 0. The summed E-state index contributed by atoms with van der Waals surface area (Å²) in [6.07, 6.45) is 2.48. The molecule has 0 bridgehead atoms. The number of rotatable bonds is 4. The molecule has 1 aliphatic rings. The molecule has 1 fully saturated rings. The predicted octanol–water partition coefficient (Wildman–Crippen LogP) is 2.32. The molecular weight excluding hydrogens is 212 g/mol. The summed E-state index contributed by atoms with van der Waals surface area (Å²) < 4.78 is 5.38. The Balaban J connectivity index is 2.03. The highest BCUT2D eigenvalue weighted by Crippen LogP contribution is 2.23. The van der Waals surface area contributed by atoms with Gasteiger partial charge in [-0.25, -0.2) is 0 Å². The second kappa shape index (κ2) is 5.52. The van der Waals surface area contributed by atoms with E-state index < -0.39 is 0 Å². The van der Waals surface area contributed by atoms with E-state index in [1.54, 1.807) is 7.11 Å². The minimum absolute atomic E-state index is 0.161. The molecule has 1 aromatic rings. The first-order valence-corrected chi connectivity index (χ1v) is 6.38. The van der Waals surface area contributed by atoms with Crippen molar-refractivity contribution in [2.75, 3.05) is 25.1 Å². The molecule has 2 N–H and O–H groups in total. The molecule has 17 heavy (non-hydrogen) atoms. The van der Waals surface area contributed by atoms with Crippen LogP contribution in [-0.2, 0) is 4.74 Å². The zero-order valence-corrected chi connectivity index (χ0v) is 10.7. The lowest BCUT2D eigenvalue weighted by Gasteiger charge is -2.19. The third-order valence-corrected chi connectivity index (χ3v) is 3.60. The van der Waals surface area contributed by atoms with E-state index in [-0.39, 0.29) is 6.04 Å². The maximum Gasteiger partial charge on any atom is 0.0762 e. The average Bonchev–Trinajstić information content (AvgIpc) is 2.87. The quantitative estimate of drug-likeness (QED) is 0.869. The van der Waals surface area contributed by atoms with Gasteiger partial charge in [0.2, 0.25) is 0 Å². The zero-order chi connectivity index (χ0) is 12.3. The first-order chi connectivity index (χ1) is 8.24. The molecule has 0 aliphatic carbocycles. The van der Waals surface area contributed by atoms with Gasteiger partial charge in [0.1, 0.15) is 0 Å². The molecule has 1 heterocycles. The van der Waals surface area contributed by atoms with Crippen LogP contribution in [0.3, 0.4) is 0 Å². The topological polar surface area (TPSA) is 38.5 Å². The molecule has 94 valence electrons. The molecule has 2 atom stereocenters. The summed E-state index contributed by atoms with van der Waals surface area (Å²) in [6.45, 7) is 4.19. The Morgan fingerprint density at radius 2 is 2.12 bits per heavy atom. The van der Waals surface area contributed by atoms with Crippen molar-refractivity contribution in [3.63, 3.8) is 0 Å². The van der Waals surface area contributed by atoms with Gasteiger partial charge in [-0.15, -0.1) is 0 Å². The molecule has 2 rings (SSSR count). The molecule has 0 radical (unpaired) electrons. The van der Waals surface area contributed by atoms with Gasteiger partial charge in [0.25, 0.3) is 0 Å². The fraction of sp³-hybridized carbons (Fsp3) is 0.571. The van der Waals surface area contributed by atoms with E-state index >= 15 is 0 Å². The van der Waals surface area contributed by atoms with Crippen molar-refractivity contribution in [3.05, 3.63) is 29.8 Å². The summed E-state index contributed by atoms with van der Waals surface area (Å²) in [6, 6.07) is 8.79. The minimum Gasteiger partial charge on any atom is -0.380 e. The summed E-state index contributed by atoms with van der Waals surface area (Å²) in [7, 11) is 1.79. The number of nitrogens with two attached hydrogens (primary N) is 1. The van der Waals surface area contributed by atoms with Crippen LogP contribution in [0.5, 0.6) is 0 Å². The van der Waals surface area contributed by atoms with Crippen LogP contribution in [-0.4, -0.2) is 26.3 Å². The third-order valence-electron chi connectivity index (χ3n) is 3.60. The lowest BCUT2D eigenvalue weighted by atomic mass is 10.1. The van der Waals surface area contributed by atoms with Crippen LogP contribution in [0.4, 0.5) is 5.69 Å². The number of methoxy groups -OCH3 is 1. The Kier molecular flexibility index (Phi) is 4.02. The van der Waals surface area contributed by atoms with Crippen LogP contribution in [0, 0.1) is 0 Å². The van der Waals surface area contributed by atoms with Gasteiger partial charge in [-0.3, -0.25) is 0 Å². The highest BCUT2D eigenvalue weighted by molar-refractivity contribution is 5.49. The lowest BCUT2D eigenvalue weighted by molar-refractivity contribution is 0.121. The number of hydrogen-bond donors (Lipinski definition) is 1. The second-order valence-corrected chi connectivity index (χ2v) is 4.70. The monoisotopic (exact) mass is 234 g/mol. The summed E-state index contributed by atoms with van der Waals surface area (Å²) in [5.74, 6) is 0. The Bertz CT molecular complexity index is 350. The van der Waals surface area contributed by atoms with Crippen LogP contribution in [0.15, 0.2) is 24.3 Å². The third kappa shape index (κ3) is 2.79. The van der Waals surface area contributed by atoms with Gasteiger partial charge in [-0.1, -0.05) is 19.1 Å². The lowest BCUT2D eigenvalue weighted by Crippen LogP contribution is -2.22. The van der Waals surface area contributed by atoms with Crippen molar-refractivity contribution in [1.29, 1.82) is 0 Å².